The van der Waals surface area contributed by atoms with Crippen LogP contribution in [0.2, 0.25) is 0 Å². The van der Waals surface area contributed by atoms with Crippen molar-refractivity contribution < 1.29 is 9.52 Å². The summed E-state index contributed by atoms with van der Waals surface area (Å²) in [6.07, 6.45) is 2.80. The lowest BCUT2D eigenvalue weighted by molar-refractivity contribution is 0.143. The molecule has 0 aliphatic carbocycles. The molecule has 1 heterocycles. The van der Waals surface area contributed by atoms with Gasteiger partial charge in [-0.1, -0.05) is 26.7 Å². The molecular weight excluding hydrogens is 200 g/mol. The second-order valence-electron chi connectivity index (χ2n) is 4.90. The molecule has 1 rings (SSSR count). The molecule has 0 saturated heterocycles. The van der Waals surface area contributed by atoms with E-state index in [1.54, 1.807) is 0 Å². The van der Waals surface area contributed by atoms with Crippen LogP contribution in [0.15, 0.2) is 4.42 Å². The molecule has 2 heteroatoms. The zero-order valence-corrected chi connectivity index (χ0v) is 11.1. The summed E-state index contributed by atoms with van der Waals surface area (Å²) in [6, 6.07) is 0. The molecule has 0 spiro atoms. The first-order valence-corrected chi connectivity index (χ1v) is 6.21. The number of aliphatic hydroxyl groups is 1. The van der Waals surface area contributed by atoms with Gasteiger partial charge in [0, 0.05) is 5.56 Å². The van der Waals surface area contributed by atoms with Crippen molar-refractivity contribution in [2.24, 2.45) is 5.92 Å². The molecule has 0 aliphatic rings. The van der Waals surface area contributed by atoms with Crippen molar-refractivity contribution in [2.75, 3.05) is 0 Å². The zero-order valence-electron chi connectivity index (χ0n) is 11.1. The summed E-state index contributed by atoms with van der Waals surface area (Å²) in [7, 11) is 0. The first kappa shape index (κ1) is 13.3. The Morgan fingerprint density at radius 1 is 1.19 bits per heavy atom. The van der Waals surface area contributed by atoms with Gasteiger partial charge in [-0.3, -0.25) is 0 Å². The van der Waals surface area contributed by atoms with Crippen LogP contribution in [0.4, 0.5) is 0 Å². The molecule has 0 aromatic carbocycles. The van der Waals surface area contributed by atoms with Crippen molar-refractivity contribution in [1.29, 1.82) is 0 Å². The van der Waals surface area contributed by atoms with Crippen LogP contribution in [0.5, 0.6) is 0 Å². The number of rotatable bonds is 5. The summed E-state index contributed by atoms with van der Waals surface area (Å²) >= 11 is 0. The van der Waals surface area contributed by atoms with Gasteiger partial charge >= 0.3 is 0 Å². The topological polar surface area (TPSA) is 33.4 Å². The first-order valence-electron chi connectivity index (χ1n) is 6.21. The van der Waals surface area contributed by atoms with E-state index in [4.69, 9.17) is 4.42 Å². The van der Waals surface area contributed by atoms with E-state index >= 15 is 0 Å². The average Bonchev–Trinajstić information content (AvgIpc) is 2.41. The first-order chi connectivity index (χ1) is 7.47. The Morgan fingerprint density at radius 2 is 1.81 bits per heavy atom. The third-order valence-corrected chi connectivity index (χ3v) is 3.36. The van der Waals surface area contributed by atoms with Crippen LogP contribution in [-0.2, 0) is 0 Å². The molecule has 1 N–H and O–H groups in total. The smallest absolute Gasteiger partial charge is 0.107 e. The van der Waals surface area contributed by atoms with Gasteiger partial charge in [0.1, 0.15) is 11.5 Å². The Kier molecular flexibility index (Phi) is 4.60. The molecule has 0 saturated carbocycles. The third-order valence-electron chi connectivity index (χ3n) is 3.36. The van der Waals surface area contributed by atoms with Crippen LogP contribution in [0.1, 0.15) is 61.9 Å². The van der Waals surface area contributed by atoms with Crippen molar-refractivity contribution in [3.05, 3.63) is 22.6 Å². The highest BCUT2D eigenvalue weighted by Crippen LogP contribution is 2.31. The van der Waals surface area contributed by atoms with Gasteiger partial charge in [-0.15, -0.1) is 0 Å². The maximum absolute atomic E-state index is 10.2. The lowest BCUT2D eigenvalue weighted by atomic mass is 9.93. The van der Waals surface area contributed by atoms with Crippen LogP contribution >= 0.6 is 0 Å². The molecule has 1 aromatic rings. The fourth-order valence-electron chi connectivity index (χ4n) is 2.41. The van der Waals surface area contributed by atoms with Gasteiger partial charge in [-0.25, -0.2) is 0 Å². The highest BCUT2D eigenvalue weighted by atomic mass is 16.3. The SMILES string of the molecule is CCCC(C)CC(O)c1c(C)oc(C)c1C. The van der Waals surface area contributed by atoms with Crippen molar-refractivity contribution in [2.45, 2.75) is 60.0 Å². The van der Waals surface area contributed by atoms with E-state index < -0.39 is 0 Å². The number of aliphatic hydroxyl groups excluding tert-OH is 1. The minimum atomic E-state index is -0.376. The fraction of sp³-hybridized carbons (Fsp3) is 0.714. The van der Waals surface area contributed by atoms with E-state index in [2.05, 4.69) is 13.8 Å². The van der Waals surface area contributed by atoms with Gasteiger partial charge in [0.15, 0.2) is 0 Å². The third kappa shape index (κ3) is 2.88. The lowest BCUT2D eigenvalue weighted by Crippen LogP contribution is -2.06. The summed E-state index contributed by atoms with van der Waals surface area (Å²) in [5.74, 6) is 2.36. The van der Waals surface area contributed by atoms with Gasteiger partial charge in [-0.2, -0.15) is 0 Å². The van der Waals surface area contributed by atoms with Crippen LogP contribution in [0, 0.1) is 26.7 Å². The second kappa shape index (κ2) is 5.53. The zero-order chi connectivity index (χ0) is 12.3. The maximum Gasteiger partial charge on any atom is 0.107 e. The Bertz CT molecular complexity index is 339. The molecule has 0 amide bonds. The second-order valence-corrected chi connectivity index (χ2v) is 4.90. The van der Waals surface area contributed by atoms with Gasteiger partial charge in [0.25, 0.3) is 0 Å². The Labute approximate surface area is 98.7 Å². The molecule has 1 aromatic heterocycles. The summed E-state index contributed by atoms with van der Waals surface area (Å²) in [5, 5.41) is 10.2. The van der Waals surface area contributed by atoms with Gasteiger partial charge in [-0.05, 0) is 38.7 Å². The number of furan rings is 1. The Morgan fingerprint density at radius 3 is 2.25 bits per heavy atom. The molecule has 2 nitrogen and oxygen atoms in total. The van der Waals surface area contributed by atoms with Crippen molar-refractivity contribution in [3.63, 3.8) is 0 Å². The van der Waals surface area contributed by atoms with E-state index in [-0.39, 0.29) is 6.10 Å². The summed E-state index contributed by atoms with van der Waals surface area (Å²) in [5.41, 5.74) is 2.11. The molecule has 0 aliphatic heterocycles. The van der Waals surface area contributed by atoms with E-state index in [9.17, 15) is 5.11 Å². The minimum absolute atomic E-state index is 0.376. The van der Waals surface area contributed by atoms with Crippen molar-refractivity contribution in [1.82, 2.24) is 0 Å². The van der Waals surface area contributed by atoms with Crippen molar-refractivity contribution >= 4 is 0 Å². The van der Waals surface area contributed by atoms with Crippen LogP contribution in [0.3, 0.4) is 0 Å². The lowest BCUT2D eigenvalue weighted by Gasteiger charge is -2.16. The molecule has 0 bridgehead atoms. The summed E-state index contributed by atoms with van der Waals surface area (Å²) < 4.78 is 5.55. The molecule has 92 valence electrons. The Balaban J connectivity index is 2.76. The van der Waals surface area contributed by atoms with Gasteiger partial charge in [0.05, 0.1) is 6.10 Å². The van der Waals surface area contributed by atoms with Crippen LogP contribution < -0.4 is 0 Å². The maximum atomic E-state index is 10.2. The molecule has 2 unspecified atom stereocenters. The molecule has 2 atom stereocenters. The van der Waals surface area contributed by atoms with Crippen LogP contribution in [-0.4, -0.2) is 5.11 Å². The minimum Gasteiger partial charge on any atom is -0.466 e. The van der Waals surface area contributed by atoms with Gasteiger partial charge in [0.2, 0.25) is 0 Å². The van der Waals surface area contributed by atoms with E-state index in [1.165, 1.54) is 12.8 Å². The monoisotopic (exact) mass is 224 g/mol. The Hall–Kier alpha value is -0.760. The predicted molar refractivity (Wildman–Crippen MR) is 66.6 cm³/mol. The number of hydrogen-bond donors (Lipinski definition) is 1. The molecule has 16 heavy (non-hydrogen) atoms. The molecule has 0 radical (unpaired) electrons. The highest BCUT2D eigenvalue weighted by Gasteiger charge is 2.20. The van der Waals surface area contributed by atoms with Crippen molar-refractivity contribution in [3.8, 4) is 0 Å². The fourth-order valence-corrected chi connectivity index (χ4v) is 2.41. The normalized spacial score (nSPS) is 15.1. The average molecular weight is 224 g/mol. The predicted octanol–water partition coefficient (Wildman–Crippen LogP) is 4.06. The highest BCUT2D eigenvalue weighted by molar-refractivity contribution is 5.33. The van der Waals surface area contributed by atoms with E-state index in [1.807, 2.05) is 20.8 Å². The van der Waals surface area contributed by atoms with E-state index in [0.717, 1.165) is 29.1 Å². The molecular formula is C14H24O2. The molecule has 0 fully saturated rings. The summed E-state index contributed by atoms with van der Waals surface area (Å²) in [4.78, 5) is 0. The largest absolute Gasteiger partial charge is 0.466 e. The number of hydrogen-bond acceptors (Lipinski definition) is 2. The summed E-state index contributed by atoms with van der Waals surface area (Å²) in [6.45, 7) is 10.3. The quantitative estimate of drug-likeness (QED) is 0.818. The van der Waals surface area contributed by atoms with Gasteiger partial charge < -0.3 is 9.52 Å². The standard InChI is InChI=1S/C14H24O2/c1-6-7-9(2)8-13(15)14-10(3)11(4)16-12(14)5/h9,13,15H,6-8H2,1-5H3. The van der Waals surface area contributed by atoms with Crippen LogP contribution in [0.25, 0.3) is 0 Å². The van der Waals surface area contributed by atoms with E-state index in [0.29, 0.717) is 5.92 Å². The number of aryl methyl sites for hydroxylation is 2.